The number of carbonyl (C=O) groups is 1. The van der Waals surface area contributed by atoms with Gasteiger partial charge < -0.3 is 0 Å². The average molecular weight is 224 g/mol. The van der Waals surface area contributed by atoms with Crippen LogP contribution >= 0.6 is 0 Å². The molecule has 0 aliphatic carbocycles. The van der Waals surface area contributed by atoms with Crippen LogP contribution in [-0.4, -0.2) is 17.6 Å². The van der Waals surface area contributed by atoms with E-state index in [-0.39, 0.29) is 5.78 Å². The molecule has 88 valence electrons. The number of Topliss-reactive ketones (excluding diaryl/α,β-unsaturated/α-hetero) is 1. The van der Waals surface area contributed by atoms with Gasteiger partial charge in [-0.1, -0.05) is 41.8 Å². The van der Waals surface area contributed by atoms with Gasteiger partial charge in [0, 0.05) is 12.0 Å². The molecule has 0 fully saturated rings. The first-order valence-corrected chi connectivity index (χ1v) is 5.36. The van der Waals surface area contributed by atoms with E-state index < -0.39 is 0 Å². The van der Waals surface area contributed by atoms with Crippen molar-refractivity contribution in [3.63, 3.8) is 0 Å². The molecular weight excluding hydrogens is 208 g/mol. The summed E-state index contributed by atoms with van der Waals surface area (Å²) >= 11 is 0. The van der Waals surface area contributed by atoms with Crippen LogP contribution in [0.2, 0.25) is 0 Å². The number of carbonyl (C=O) groups excluding carboxylic acids is 1. The van der Waals surface area contributed by atoms with Gasteiger partial charge in [-0.3, -0.25) is 4.79 Å². The van der Waals surface area contributed by atoms with Crippen molar-refractivity contribution in [2.24, 2.45) is 0 Å². The molecule has 0 bridgehead atoms. The maximum absolute atomic E-state index is 11.6. The topological polar surface area (TPSA) is 55.8 Å². The molecule has 0 saturated carbocycles. The smallest absolute Gasteiger partial charge is 0.162 e. The van der Waals surface area contributed by atoms with Crippen molar-refractivity contribution in [3.8, 4) is 0 Å². The number of benzene rings is 1. The quantitative estimate of drug-likeness (QED) is 0.319. The molecule has 0 aliphatic heterocycles. The molecule has 0 unspecified atom stereocenters. The Hall–Kier alpha value is -1.23. The fourth-order valence-corrected chi connectivity index (χ4v) is 1.43. The molecule has 1 rings (SSSR count). The zero-order chi connectivity index (χ0) is 11.6. The molecule has 16 heavy (non-hydrogen) atoms. The SMILES string of the molecule is O=C(CCCCCOOO)c1ccccc1. The molecular formula is C12H16O4. The van der Waals surface area contributed by atoms with E-state index in [1.807, 2.05) is 30.3 Å². The Morgan fingerprint density at radius 2 is 1.88 bits per heavy atom. The first-order chi connectivity index (χ1) is 7.84. The fraction of sp³-hybridized carbons (Fsp3) is 0.417. The second-order valence-corrected chi connectivity index (χ2v) is 3.50. The lowest BCUT2D eigenvalue weighted by molar-refractivity contribution is -0.490. The summed E-state index contributed by atoms with van der Waals surface area (Å²) in [7, 11) is 0. The molecule has 0 aromatic heterocycles. The van der Waals surface area contributed by atoms with Crippen molar-refractivity contribution in [3.05, 3.63) is 35.9 Å². The van der Waals surface area contributed by atoms with Gasteiger partial charge in [0.25, 0.3) is 0 Å². The van der Waals surface area contributed by atoms with Gasteiger partial charge in [-0.05, 0) is 12.8 Å². The predicted octanol–water partition coefficient (Wildman–Crippen LogP) is 2.85. The molecule has 0 aliphatic rings. The summed E-state index contributed by atoms with van der Waals surface area (Å²) in [5.41, 5.74) is 0.762. The van der Waals surface area contributed by atoms with E-state index in [0.29, 0.717) is 13.0 Å². The van der Waals surface area contributed by atoms with Crippen LogP contribution < -0.4 is 0 Å². The van der Waals surface area contributed by atoms with Crippen molar-refractivity contribution < 1.29 is 20.0 Å². The molecule has 0 spiro atoms. The van der Waals surface area contributed by atoms with Crippen molar-refractivity contribution in [2.45, 2.75) is 25.7 Å². The van der Waals surface area contributed by atoms with Crippen LogP contribution in [0.5, 0.6) is 0 Å². The maximum Gasteiger partial charge on any atom is 0.162 e. The van der Waals surface area contributed by atoms with Gasteiger partial charge in [-0.2, -0.15) is 0 Å². The fourth-order valence-electron chi connectivity index (χ4n) is 1.43. The molecule has 0 radical (unpaired) electrons. The van der Waals surface area contributed by atoms with E-state index in [2.05, 4.69) is 9.93 Å². The standard InChI is InChI=1S/C12H16O4/c13-12(11-7-3-1-4-8-11)9-5-2-6-10-15-16-14/h1,3-4,7-8,14H,2,5-6,9-10H2. The number of ketones is 1. The van der Waals surface area contributed by atoms with E-state index >= 15 is 0 Å². The monoisotopic (exact) mass is 224 g/mol. The number of unbranched alkanes of at least 4 members (excludes halogenated alkanes) is 2. The molecule has 1 N–H and O–H groups in total. The second-order valence-electron chi connectivity index (χ2n) is 3.50. The molecule has 0 amide bonds. The zero-order valence-corrected chi connectivity index (χ0v) is 9.09. The van der Waals surface area contributed by atoms with E-state index in [9.17, 15) is 4.79 Å². The summed E-state index contributed by atoms with van der Waals surface area (Å²) in [6.45, 7) is 0.343. The Balaban J connectivity index is 2.12. The largest absolute Gasteiger partial charge is 0.294 e. The first kappa shape index (κ1) is 12.8. The predicted molar refractivity (Wildman–Crippen MR) is 58.9 cm³/mol. The summed E-state index contributed by atoms with van der Waals surface area (Å²) in [6.07, 6.45) is 3.01. The molecule has 0 heterocycles. The Bertz CT molecular complexity index is 297. The van der Waals surface area contributed by atoms with Crippen molar-refractivity contribution >= 4 is 5.78 Å². The highest BCUT2D eigenvalue weighted by atomic mass is 17.5. The third-order valence-corrected chi connectivity index (χ3v) is 2.28. The lowest BCUT2D eigenvalue weighted by atomic mass is 10.1. The zero-order valence-electron chi connectivity index (χ0n) is 9.09. The van der Waals surface area contributed by atoms with Crippen LogP contribution in [0.4, 0.5) is 0 Å². The minimum absolute atomic E-state index is 0.167. The van der Waals surface area contributed by atoms with Crippen LogP contribution in [0.25, 0.3) is 0 Å². The summed E-state index contributed by atoms with van der Waals surface area (Å²) in [6, 6.07) is 9.26. The molecule has 0 saturated heterocycles. The molecule has 0 atom stereocenters. The molecule has 4 heteroatoms. The highest BCUT2D eigenvalue weighted by molar-refractivity contribution is 5.95. The van der Waals surface area contributed by atoms with Crippen molar-refractivity contribution in [1.29, 1.82) is 0 Å². The van der Waals surface area contributed by atoms with E-state index in [1.165, 1.54) is 0 Å². The van der Waals surface area contributed by atoms with Gasteiger partial charge in [-0.25, -0.2) is 10.1 Å². The van der Waals surface area contributed by atoms with E-state index in [4.69, 9.17) is 5.26 Å². The molecule has 4 nitrogen and oxygen atoms in total. The van der Waals surface area contributed by atoms with Crippen LogP contribution in [0, 0.1) is 0 Å². The van der Waals surface area contributed by atoms with Gasteiger partial charge in [0.1, 0.15) is 0 Å². The minimum Gasteiger partial charge on any atom is -0.294 e. The Kier molecular flexibility index (Phi) is 6.41. The van der Waals surface area contributed by atoms with E-state index in [1.54, 1.807) is 0 Å². The van der Waals surface area contributed by atoms with Gasteiger partial charge in [-0.15, -0.1) is 0 Å². The highest BCUT2D eigenvalue weighted by Crippen LogP contribution is 2.07. The van der Waals surface area contributed by atoms with Crippen LogP contribution in [-0.2, 0) is 9.93 Å². The minimum atomic E-state index is 0.167. The van der Waals surface area contributed by atoms with Crippen molar-refractivity contribution in [1.82, 2.24) is 0 Å². The summed E-state index contributed by atoms with van der Waals surface area (Å²) in [5, 5.41) is 11.4. The number of hydrogen-bond donors (Lipinski definition) is 1. The summed E-state index contributed by atoms with van der Waals surface area (Å²) in [5.74, 6) is 0.167. The third-order valence-electron chi connectivity index (χ3n) is 2.28. The van der Waals surface area contributed by atoms with Gasteiger partial charge in [0.2, 0.25) is 0 Å². The highest BCUT2D eigenvalue weighted by Gasteiger charge is 2.03. The Morgan fingerprint density at radius 3 is 2.56 bits per heavy atom. The lowest BCUT2D eigenvalue weighted by Gasteiger charge is -2.01. The number of hydrogen-bond acceptors (Lipinski definition) is 4. The van der Waals surface area contributed by atoms with Gasteiger partial charge in [0.15, 0.2) is 5.78 Å². The first-order valence-electron chi connectivity index (χ1n) is 5.36. The van der Waals surface area contributed by atoms with Gasteiger partial charge >= 0.3 is 0 Å². The van der Waals surface area contributed by atoms with Crippen LogP contribution in [0.1, 0.15) is 36.0 Å². The Labute approximate surface area is 94.7 Å². The summed E-state index contributed by atoms with van der Waals surface area (Å²) in [4.78, 5) is 15.9. The van der Waals surface area contributed by atoms with E-state index in [0.717, 1.165) is 24.8 Å². The van der Waals surface area contributed by atoms with Crippen LogP contribution in [0.15, 0.2) is 30.3 Å². The third kappa shape index (κ3) is 5.02. The van der Waals surface area contributed by atoms with Crippen LogP contribution in [0.3, 0.4) is 0 Å². The second kappa shape index (κ2) is 7.98. The molecule has 1 aromatic carbocycles. The van der Waals surface area contributed by atoms with Crippen molar-refractivity contribution in [2.75, 3.05) is 6.61 Å². The normalized spacial score (nSPS) is 10.3. The maximum atomic E-state index is 11.6. The number of rotatable bonds is 8. The van der Waals surface area contributed by atoms with Gasteiger partial charge in [0.05, 0.1) is 6.61 Å². The average Bonchev–Trinajstić information content (AvgIpc) is 2.34. The Morgan fingerprint density at radius 1 is 1.12 bits per heavy atom. The molecule has 1 aromatic rings. The summed E-state index contributed by atoms with van der Waals surface area (Å²) < 4.78 is 0. The lowest BCUT2D eigenvalue weighted by Crippen LogP contribution is -1.99.